The van der Waals surface area contributed by atoms with E-state index in [-0.39, 0.29) is 16.9 Å². The Balaban J connectivity index is 2.92. The predicted octanol–water partition coefficient (Wildman–Crippen LogP) is -0.124. The van der Waals surface area contributed by atoms with Crippen LogP contribution in [-0.4, -0.2) is 14.8 Å². The number of hydrogen-bond donors (Lipinski definition) is 2. The number of aromatic amines is 2. The van der Waals surface area contributed by atoms with Crippen molar-refractivity contribution in [3.05, 3.63) is 16.7 Å². The van der Waals surface area contributed by atoms with Gasteiger partial charge in [-0.3, -0.25) is 4.79 Å². The Bertz CT molecular complexity index is 560. The van der Waals surface area contributed by atoms with Crippen LogP contribution in [0.3, 0.4) is 0 Å². The summed E-state index contributed by atoms with van der Waals surface area (Å²) in [6.45, 7) is 5.98. The van der Waals surface area contributed by atoms with Gasteiger partial charge < -0.3 is 5.73 Å². The van der Waals surface area contributed by atoms with E-state index < -0.39 is 0 Å². The lowest BCUT2D eigenvalue weighted by Crippen LogP contribution is -2.27. The van der Waals surface area contributed by atoms with Crippen molar-refractivity contribution in [1.29, 1.82) is 0 Å². The van der Waals surface area contributed by atoms with Crippen LogP contribution in [0.25, 0.3) is 11.0 Å². The minimum Gasteiger partial charge on any atom is -0.369 e. The van der Waals surface area contributed by atoms with Crippen LogP contribution in [0.1, 0.15) is 20.8 Å². The quantitative estimate of drug-likeness (QED) is 0.632. The zero-order valence-electron chi connectivity index (χ0n) is 8.96. The van der Waals surface area contributed by atoms with Gasteiger partial charge >= 0.3 is 0 Å². The molecule has 0 bridgehead atoms. The fourth-order valence-corrected chi connectivity index (χ4v) is 1.54. The largest absolute Gasteiger partial charge is 0.369 e. The summed E-state index contributed by atoms with van der Waals surface area (Å²) in [4.78, 5) is 18.4. The second-order valence-electron chi connectivity index (χ2n) is 4.46. The third kappa shape index (κ3) is 1.38. The summed E-state index contributed by atoms with van der Waals surface area (Å²) in [7, 11) is 0. The third-order valence-corrected chi connectivity index (χ3v) is 2.23. The molecule has 0 unspecified atom stereocenters. The van der Waals surface area contributed by atoms with E-state index in [2.05, 4.69) is 15.1 Å². The highest BCUT2D eigenvalue weighted by molar-refractivity contribution is 5.82. The Morgan fingerprint density at radius 2 is 2.20 bits per heavy atom. The van der Waals surface area contributed by atoms with Crippen molar-refractivity contribution >= 4 is 16.9 Å². The van der Waals surface area contributed by atoms with Crippen LogP contribution >= 0.6 is 0 Å². The molecule has 0 fully saturated rings. The molecule has 2 heterocycles. The van der Waals surface area contributed by atoms with E-state index in [0.717, 1.165) is 0 Å². The number of nitrogen functional groups attached to an aromatic ring is 1. The van der Waals surface area contributed by atoms with Crippen LogP contribution in [0.15, 0.2) is 11.1 Å². The lowest BCUT2D eigenvalue weighted by atomic mass is 10.1. The molecule has 0 aromatic carbocycles. The van der Waals surface area contributed by atoms with Gasteiger partial charge in [0, 0.05) is 0 Å². The van der Waals surface area contributed by atoms with Crippen molar-refractivity contribution in [3.63, 3.8) is 0 Å². The normalized spacial score (nSPS) is 12.2. The van der Waals surface area contributed by atoms with Crippen molar-refractivity contribution in [2.24, 2.45) is 0 Å². The number of hydrogen-bond acceptors (Lipinski definition) is 3. The maximum absolute atomic E-state index is 11.7. The van der Waals surface area contributed by atoms with Gasteiger partial charge in [-0.25, -0.2) is 10.1 Å². The summed E-state index contributed by atoms with van der Waals surface area (Å²) in [5.41, 5.74) is 5.88. The van der Waals surface area contributed by atoms with Crippen molar-refractivity contribution in [2.45, 2.75) is 26.3 Å². The van der Waals surface area contributed by atoms with Gasteiger partial charge in [-0.15, -0.1) is 0 Å². The van der Waals surface area contributed by atoms with Gasteiger partial charge in [0.2, 0.25) is 12.1 Å². The lowest BCUT2D eigenvalue weighted by molar-refractivity contribution is -0.355. The molecular formula is C9H14N5O+. The summed E-state index contributed by atoms with van der Waals surface area (Å²) in [5.74, 6) is 0.244. The van der Waals surface area contributed by atoms with E-state index in [4.69, 9.17) is 5.73 Å². The van der Waals surface area contributed by atoms with Gasteiger partial charge in [-0.1, -0.05) is 4.98 Å². The molecule has 0 amide bonds. The molecule has 0 saturated carbocycles. The summed E-state index contributed by atoms with van der Waals surface area (Å²) in [5, 5.41) is 3.15. The Labute approximate surface area is 86.1 Å². The molecule has 15 heavy (non-hydrogen) atoms. The number of H-pyrrole nitrogens is 2. The van der Waals surface area contributed by atoms with E-state index in [1.165, 1.54) is 6.33 Å². The fraction of sp³-hybridized carbons (Fsp3) is 0.444. The average Bonchev–Trinajstić information content (AvgIpc) is 2.44. The molecule has 0 spiro atoms. The standard InChI is InChI=1S/C9H13N5O/c1-9(2,3)14-7-5(8(15)13-14)6(10)11-4-12-7/h4H,1-3H3,(H,13,15)(H2,10,11,12)/p+1. The van der Waals surface area contributed by atoms with Crippen LogP contribution in [0, 0.1) is 0 Å². The summed E-state index contributed by atoms with van der Waals surface area (Å²) in [6, 6.07) is 0. The molecule has 0 atom stereocenters. The molecule has 6 nitrogen and oxygen atoms in total. The number of fused-ring (bicyclic) bond motifs is 1. The smallest absolute Gasteiger partial charge is 0.292 e. The van der Waals surface area contributed by atoms with Crippen molar-refractivity contribution in [1.82, 2.24) is 14.8 Å². The maximum atomic E-state index is 11.7. The van der Waals surface area contributed by atoms with Gasteiger partial charge in [0.05, 0.1) is 0 Å². The molecule has 2 rings (SSSR count). The van der Waals surface area contributed by atoms with Gasteiger partial charge in [0.15, 0.2) is 5.39 Å². The highest BCUT2D eigenvalue weighted by Gasteiger charge is 2.25. The number of nitrogens with two attached hydrogens (primary N) is 1. The van der Waals surface area contributed by atoms with Gasteiger partial charge in [-0.05, 0) is 20.8 Å². The van der Waals surface area contributed by atoms with E-state index in [0.29, 0.717) is 11.0 Å². The first-order valence-corrected chi connectivity index (χ1v) is 4.68. The first-order valence-electron chi connectivity index (χ1n) is 4.68. The Hall–Kier alpha value is -1.85. The number of nitrogens with zero attached hydrogens (tertiary/aromatic N) is 2. The lowest BCUT2D eigenvalue weighted by Gasteiger charge is -2.15. The Morgan fingerprint density at radius 1 is 1.53 bits per heavy atom. The van der Waals surface area contributed by atoms with Crippen LogP contribution < -0.4 is 16.3 Å². The Kier molecular flexibility index (Phi) is 1.82. The minimum atomic E-state index is -0.221. The molecule has 0 radical (unpaired) electrons. The van der Waals surface area contributed by atoms with E-state index >= 15 is 0 Å². The van der Waals surface area contributed by atoms with Gasteiger partial charge in [0.25, 0.3) is 11.2 Å². The highest BCUT2D eigenvalue weighted by Crippen LogP contribution is 2.17. The van der Waals surface area contributed by atoms with E-state index in [1.54, 1.807) is 4.68 Å². The molecule has 0 saturated heterocycles. The van der Waals surface area contributed by atoms with Crippen molar-refractivity contribution < 1.29 is 4.98 Å². The second kappa shape index (κ2) is 2.82. The molecule has 4 N–H and O–H groups in total. The van der Waals surface area contributed by atoms with Crippen LogP contribution in [0.4, 0.5) is 5.82 Å². The molecule has 0 aliphatic heterocycles. The maximum Gasteiger partial charge on any atom is 0.292 e. The van der Waals surface area contributed by atoms with Crippen LogP contribution in [0.5, 0.6) is 0 Å². The van der Waals surface area contributed by atoms with Crippen molar-refractivity contribution in [2.75, 3.05) is 5.73 Å². The minimum absolute atomic E-state index is 0.217. The predicted molar refractivity (Wildman–Crippen MR) is 56.3 cm³/mol. The fourth-order valence-electron chi connectivity index (χ4n) is 1.54. The molecule has 6 heteroatoms. The number of rotatable bonds is 0. The molecule has 2 aromatic rings. The van der Waals surface area contributed by atoms with Crippen LogP contribution in [0.2, 0.25) is 0 Å². The highest BCUT2D eigenvalue weighted by atomic mass is 16.1. The zero-order chi connectivity index (χ0) is 11.2. The number of aromatic nitrogens is 4. The van der Waals surface area contributed by atoms with Gasteiger partial charge in [-0.2, -0.15) is 4.68 Å². The Morgan fingerprint density at radius 3 is 2.80 bits per heavy atom. The average molecular weight is 208 g/mol. The molecular weight excluding hydrogens is 194 g/mol. The molecule has 0 aliphatic rings. The topological polar surface area (TPSA) is 90.8 Å². The first-order chi connectivity index (χ1) is 6.91. The number of anilines is 1. The SMILES string of the molecule is CC(C)(C)n1[nH]c(=O)c2c(N)nc[nH+]c21. The number of nitrogens with one attached hydrogen (secondary N) is 2. The second-order valence-corrected chi connectivity index (χ2v) is 4.46. The molecule has 80 valence electrons. The summed E-state index contributed by atoms with van der Waals surface area (Å²) in [6.07, 6.45) is 1.48. The summed E-state index contributed by atoms with van der Waals surface area (Å²) >= 11 is 0. The monoisotopic (exact) mass is 208 g/mol. The first kappa shape index (κ1) is 9.70. The summed E-state index contributed by atoms with van der Waals surface area (Å²) < 4.78 is 1.75. The van der Waals surface area contributed by atoms with Crippen molar-refractivity contribution in [3.8, 4) is 0 Å². The van der Waals surface area contributed by atoms with Crippen LogP contribution in [-0.2, 0) is 5.54 Å². The molecule has 2 aromatic heterocycles. The molecule has 0 aliphatic carbocycles. The zero-order valence-corrected chi connectivity index (χ0v) is 8.96. The van der Waals surface area contributed by atoms with E-state index in [9.17, 15) is 4.79 Å². The van der Waals surface area contributed by atoms with E-state index in [1.807, 2.05) is 20.8 Å². The van der Waals surface area contributed by atoms with Gasteiger partial charge in [0.1, 0.15) is 5.54 Å². The third-order valence-electron chi connectivity index (χ3n) is 2.23.